The monoisotopic (exact) mass is 304 g/mol. The highest BCUT2D eigenvalue weighted by Crippen LogP contribution is 2.30. The molecule has 2 aromatic heterocycles. The van der Waals surface area contributed by atoms with E-state index in [0.29, 0.717) is 0 Å². The zero-order chi connectivity index (χ0) is 9.59. The lowest BCUT2D eigenvalue weighted by Gasteiger charge is -1.96. The van der Waals surface area contributed by atoms with E-state index in [-0.39, 0.29) is 0 Å². The lowest BCUT2D eigenvalue weighted by atomic mass is 10.2. The molecule has 0 amide bonds. The molecule has 0 fully saturated rings. The normalized spacial score (nSPS) is 11.1. The zero-order valence-corrected chi connectivity index (χ0v) is 10.7. The summed E-state index contributed by atoms with van der Waals surface area (Å²) in [6.45, 7) is 6.20. The van der Waals surface area contributed by atoms with Crippen LogP contribution >= 0.6 is 33.9 Å². The molecule has 2 nitrogen and oxygen atoms in total. The predicted octanol–water partition coefficient (Wildman–Crippen LogP) is 3.22. The molecule has 4 heteroatoms. The van der Waals surface area contributed by atoms with Gasteiger partial charge in [0.05, 0.1) is 0 Å². The van der Waals surface area contributed by atoms with Gasteiger partial charge >= 0.3 is 0 Å². The quantitative estimate of drug-likeness (QED) is 0.552. The maximum absolute atomic E-state index is 4.42. The Kier molecular flexibility index (Phi) is 2.27. The smallest absolute Gasteiger partial charge is 0.128 e. The summed E-state index contributed by atoms with van der Waals surface area (Å²) in [4.78, 5) is 11.2. The molecule has 0 aliphatic carbocycles. The van der Waals surface area contributed by atoms with Gasteiger partial charge in [0, 0.05) is 10.3 Å². The van der Waals surface area contributed by atoms with Crippen molar-refractivity contribution in [3.8, 4) is 0 Å². The van der Waals surface area contributed by atoms with Crippen molar-refractivity contribution in [2.24, 2.45) is 0 Å². The highest BCUT2D eigenvalue weighted by atomic mass is 127. The lowest BCUT2D eigenvalue weighted by Crippen LogP contribution is -1.90. The average Bonchev–Trinajstić information content (AvgIpc) is 2.27. The molecule has 0 aliphatic heterocycles. The van der Waals surface area contributed by atoms with Crippen LogP contribution in [0.3, 0.4) is 0 Å². The largest absolute Gasteiger partial charge is 0.227 e. The molecule has 2 rings (SSSR count). The van der Waals surface area contributed by atoms with Gasteiger partial charge in [-0.1, -0.05) is 0 Å². The van der Waals surface area contributed by atoms with Crippen LogP contribution in [-0.4, -0.2) is 9.97 Å². The van der Waals surface area contributed by atoms with Crippen molar-refractivity contribution >= 4 is 44.1 Å². The fraction of sp³-hybridized carbons (Fsp3) is 0.333. The maximum atomic E-state index is 4.42. The first-order valence-corrected chi connectivity index (χ1v) is 5.89. The Labute approximate surface area is 94.5 Å². The molecule has 0 N–H and O–H groups in total. The van der Waals surface area contributed by atoms with Crippen LogP contribution in [0.2, 0.25) is 0 Å². The Morgan fingerprint density at radius 1 is 1.15 bits per heavy atom. The number of rotatable bonds is 0. The molecule has 0 unspecified atom stereocenters. The summed E-state index contributed by atoms with van der Waals surface area (Å²) in [5.74, 6) is 0.859. The van der Waals surface area contributed by atoms with Gasteiger partial charge in [0.2, 0.25) is 0 Å². The summed E-state index contributed by atoms with van der Waals surface area (Å²) in [5, 5.41) is 1.23. The van der Waals surface area contributed by atoms with Crippen LogP contribution < -0.4 is 0 Å². The van der Waals surface area contributed by atoms with Crippen molar-refractivity contribution < 1.29 is 0 Å². The second-order valence-electron chi connectivity index (χ2n) is 3.03. The zero-order valence-electron chi connectivity index (χ0n) is 7.68. The molecule has 0 atom stereocenters. The minimum atomic E-state index is 0.859. The summed E-state index contributed by atoms with van der Waals surface area (Å²) in [6, 6.07) is 0. The number of aryl methyl sites for hydroxylation is 3. The number of hydrogen-bond donors (Lipinski definition) is 0. The highest BCUT2D eigenvalue weighted by Gasteiger charge is 2.10. The van der Waals surface area contributed by atoms with E-state index in [1.165, 1.54) is 15.8 Å². The Hall–Kier alpha value is -0.230. The molecule has 0 aliphatic rings. The van der Waals surface area contributed by atoms with Crippen molar-refractivity contribution in [2.45, 2.75) is 20.8 Å². The predicted molar refractivity (Wildman–Crippen MR) is 64.3 cm³/mol. The van der Waals surface area contributed by atoms with Gasteiger partial charge in [-0.2, -0.15) is 0 Å². The van der Waals surface area contributed by atoms with Gasteiger partial charge in [0.25, 0.3) is 0 Å². The number of thiophene rings is 1. The van der Waals surface area contributed by atoms with Gasteiger partial charge in [-0.3, -0.25) is 0 Å². The van der Waals surface area contributed by atoms with Crippen LogP contribution in [-0.2, 0) is 0 Å². The van der Waals surface area contributed by atoms with E-state index in [0.717, 1.165) is 14.4 Å². The van der Waals surface area contributed by atoms with Gasteiger partial charge in [0.1, 0.15) is 14.4 Å². The van der Waals surface area contributed by atoms with Crippen molar-refractivity contribution in [1.29, 1.82) is 0 Å². The molecule has 0 spiro atoms. The van der Waals surface area contributed by atoms with E-state index in [4.69, 9.17) is 0 Å². The number of hydrogen-bond acceptors (Lipinski definition) is 3. The fourth-order valence-corrected chi connectivity index (χ4v) is 3.57. The van der Waals surface area contributed by atoms with Crippen LogP contribution in [0.15, 0.2) is 0 Å². The van der Waals surface area contributed by atoms with Gasteiger partial charge in [-0.05, 0) is 48.9 Å². The molecule has 0 saturated heterocycles. The number of aromatic nitrogens is 2. The van der Waals surface area contributed by atoms with Gasteiger partial charge in [-0.25, -0.2) is 9.97 Å². The van der Waals surface area contributed by atoms with Gasteiger partial charge < -0.3 is 0 Å². The summed E-state index contributed by atoms with van der Waals surface area (Å²) < 4.78 is 1.07. The SMILES string of the molecule is Cc1nc(I)c2c(C)c(C)sc2n1. The minimum absolute atomic E-state index is 0.859. The third kappa shape index (κ3) is 1.46. The third-order valence-corrected chi connectivity index (χ3v) is 3.98. The first kappa shape index (κ1) is 9.33. The first-order valence-electron chi connectivity index (χ1n) is 3.99. The van der Waals surface area contributed by atoms with E-state index < -0.39 is 0 Å². The van der Waals surface area contributed by atoms with Crippen LogP contribution in [0.4, 0.5) is 0 Å². The Balaban J connectivity index is 2.94. The molecule has 0 aromatic carbocycles. The topological polar surface area (TPSA) is 25.8 Å². The second-order valence-corrected chi connectivity index (χ2v) is 5.25. The molecule has 2 aromatic rings. The molecular weight excluding hydrogens is 295 g/mol. The molecule has 0 bridgehead atoms. The van der Waals surface area contributed by atoms with Crippen LogP contribution in [0.1, 0.15) is 16.3 Å². The summed E-state index contributed by atoms with van der Waals surface area (Å²) in [7, 11) is 0. The lowest BCUT2D eigenvalue weighted by molar-refractivity contribution is 1.08. The molecular formula is C9H9IN2S. The maximum Gasteiger partial charge on any atom is 0.128 e. The van der Waals surface area contributed by atoms with Gasteiger partial charge in [-0.15, -0.1) is 11.3 Å². The summed E-state index contributed by atoms with van der Waals surface area (Å²) in [5.41, 5.74) is 1.32. The van der Waals surface area contributed by atoms with E-state index in [2.05, 4.69) is 46.4 Å². The number of fused-ring (bicyclic) bond motifs is 1. The van der Waals surface area contributed by atoms with Crippen LogP contribution in [0.25, 0.3) is 10.2 Å². The minimum Gasteiger partial charge on any atom is -0.227 e. The van der Waals surface area contributed by atoms with Gasteiger partial charge in [0.15, 0.2) is 0 Å². The summed E-state index contributed by atoms with van der Waals surface area (Å²) in [6.07, 6.45) is 0. The number of halogens is 1. The third-order valence-electron chi connectivity index (χ3n) is 2.10. The Bertz CT molecular complexity index is 476. The first-order chi connectivity index (χ1) is 6.09. The number of nitrogens with zero attached hydrogens (tertiary/aromatic N) is 2. The standard InChI is InChI=1S/C9H9IN2S/c1-4-5(2)13-9-7(4)8(10)11-6(3)12-9/h1-3H3. The van der Waals surface area contributed by atoms with Crippen LogP contribution in [0.5, 0.6) is 0 Å². The molecule has 0 radical (unpaired) electrons. The Morgan fingerprint density at radius 2 is 1.85 bits per heavy atom. The van der Waals surface area contributed by atoms with E-state index in [1.54, 1.807) is 11.3 Å². The Morgan fingerprint density at radius 3 is 2.54 bits per heavy atom. The van der Waals surface area contributed by atoms with E-state index in [1.807, 2.05) is 6.92 Å². The molecule has 0 saturated carbocycles. The fourth-order valence-electron chi connectivity index (χ4n) is 1.30. The van der Waals surface area contributed by atoms with E-state index >= 15 is 0 Å². The van der Waals surface area contributed by atoms with E-state index in [9.17, 15) is 0 Å². The van der Waals surface area contributed by atoms with Crippen molar-refractivity contribution in [1.82, 2.24) is 9.97 Å². The second kappa shape index (κ2) is 3.16. The molecule has 68 valence electrons. The molecule has 13 heavy (non-hydrogen) atoms. The van der Waals surface area contributed by atoms with Crippen molar-refractivity contribution in [2.75, 3.05) is 0 Å². The van der Waals surface area contributed by atoms with Crippen LogP contribution in [0, 0.1) is 24.5 Å². The molecule has 2 heterocycles. The average molecular weight is 304 g/mol. The van der Waals surface area contributed by atoms with Crippen molar-refractivity contribution in [3.05, 3.63) is 20.0 Å². The highest BCUT2D eigenvalue weighted by molar-refractivity contribution is 14.1. The summed E-state index contributed by atoms with van der Waals surface area (Å²) >= 11 is 4.03. The van der Waals surface area contributed by atoms with Crippen molar-refractivity contribution in [3.63, 3.8) is 0 Å².